The second kappa shape index (κ2) is 11.0. The summed E-state index contributed by atoms with van der Waals surface area (Å²) < 4.78 is 0. The van der Waals surface area contributed by atoms with Crippen LogP contribution in [0.3, 0.4) is 0 Å². The molecule has 2 aliphatic rings. The number of rotatable bonds is 9. The first-order valence-corrected chi connectivity index (χ1v) is 12.4. The van der Waals surface area contributed by atoms with Gasteiger partial charge in [0.1, 0.15) is 0 Å². The highest BCUT2D eigenvalue weighted by Crippen LogP contribution is 2.32. The molecule has 0 spiro atoms. The molecular weight excluding hydrogens is 386 g/mol. The number of carbonyl (C=O) groups excluding carboxylic acids is 2. The summed E-state index contributed by atoms with van der Waals surface area (Å²) in [6.07, 6.45) is 10.8. The molecule has 1 aromatic carbocycles. The average Bonchev–Trinajstić information content (AvgIpc) is 2.72. The number of carbonyl (C=O) groups is 2. The maximum Gasteiger partial charge on any atom is 0.227 e. The second-order valence-electron chi connectivity index (χ2n) is 9.63. The standard InChI is InChI=1S/C26H41N3O2/c1-5-19(6-2)26(31)29(23-13-8-7-9-14-23)18-21-17-22(15-16-24(21)28(3)4)27-25(30)20-11-10-12-20/h15-17,19-20,23H,5-14,18H2,1-4H3,(H,27,30). The fourth-order valence-electron chi connectivity index (χ4n) is 4.98. The third-order valence-corrected chi connectivity index (χ3v) is 7.28. The van der Waals surface area contributed by atoms with Crippen LogP contribution in [0.4, 0.5) is 11.4 Å². The lowest BCUT2D eigenvalue weighted by atomic mass is 9.85. The molecular formula is C26H41N3O2. The highest BCUT2D eigenvalue weighted by molar-refractivity contribution is 5.93. The van der Waals surface area contributed by atoms with E-state index in [1.807, 2.05) is 20.2 Å². The summed E-state index contributed by atoms with van der Waals surface area (Å²) in [5.74, 6) is 0.677. The third kappa shape index (κ3) is 5.81. The van der Waals surface area contributed by atoms with Gasteiger partial charge in [-0.15, -0.1) is 0 Å². The van der Waals surface area contributed by atoms with Crippen molar-refractivity contribution in [2.24, 2.45) is 11.8 Å². The summed E-state index contributed by atoms with van der Waals surface area (Å²) in [5, 5.41) is 3.12. The molecule has 0 atom stereocenters. The van der Waals surface area contributed by atoms with Gasteiger partial charge in [0.15, 0.2) is 0 Å². The lowest BCUT2D eigenvalue weighted by molar-refractivity contribution is -0.139. The summed E-state index contributed by atoms with van der Waals surface area (Å²) in [7, 11) is 4.08. The lowest BCUT2D eigenvalue weighted by Crippen LogP contribution is -2.44. The quantitative estimate of drug-likeness (QED) is 0.559. The van der Waals surface area contributed by atoms with Crippen LogP contribution in [0.5, 0.6) is 0 Å². The Morgan fingerprint density at radius 3 is 2.23 bits per heavy atom. The molecule has 2 fully saturated rings. The Kier molecular flexibility index (Phi) is 8.39. The maximum atomic E-state index is 13.5. The van der Waals surface area contributed by atoms with Crippen LogP contribution >= 0.6 is 0 Å². The van der Waals surface area contributed by atoms with Crippen LogP contribution in [0.2, 0.25) is 0 Å². The van der Waals surface area contributed by atoms with Gasteiger partial charge < -0.3 is 15.1 Å². The highest BCUT2D eigenvalue weighted by Gasteiger charge is 2.30. The first kappa shape index (κ1) is 23.6. The Hall–Kier alpha value is -2.04. The van der Waals surface area contributed by atoms with Crippen LogP contribution in [0.25, 0.3) is 0 Å². The Bertz CT molecular complexity index is 747. The number of hydrogen-bond acceptors (Lipinski definition) is 3. The molecule has 2 amide bonds. The van der Waals surface area contributed by atoms with E-state index in [0.717, 1.165) is 61.9 Å². The summed E-state index contributed by atoms with van der Waals surface area (Å²) in [5.41, 5.74) is 3.07. The molecule has 172 valence electrons. The fourth-order valence-corrected chi connectivity index (χ4v) is 4.98. The Morgan fingerprint density at radius 2 is 1.68 bits per heavy atom. The van der Waals surface area contributed by atoms with Crippen LogP contribution in [0.1, 0.15) is 83.6 Å². The predicted molar refractivity (Wildman–Crippen MR) is 128 cm³/mol. The van der Waals surface area contributed by atoms with Gasteiger partial charge in [0.05, 0.1) is 0 Å². The van der Waals surface area contributed by atoms with Gasteiger partial charge in [-0.3, -0.25) is 9.59 Å². The number of hydrogen-bond donors (Lipinski definition) is 1. The summed E-state index contributed by atoms with van der Waals surface area (Å²) in [6.45, 7) is 4.85. The SMILES string of the molecule is CCC(CC)C(=O)N(Cc1cc(NC(=O)C2CCC2)ccc1N(C)C)C1CCCCC1. The minimum atomic E-state index is 0.0891. The molecule has 31 heavy (non-hydrogen) atoms. The van der Waals surface area contributed by atoms with Crippen LogP contribution < -0.4 is 10.2 Å². The molecule has 3 rings (SSSR count). The molecule has 0 unspecified atom stereocenters. The minimum Gasteiger partial charge on any atom is -0.377 e. The Labute approximate surface area is 188 Å². The zero-order valence-electron chi connectivity index (χ0n) is 20.0. The van der Waals surface area contributed by atoms with Crippen molar-refractivity contribution in [1.82, 2.24) is 4.90 Å². The summed E-state index contributed by atoms with van der Waals surface area (Å²) in [6, 6.07) is 6.47. The monoisotopic (exact) mass is 427 g/mol. The smallest absolute Gasteiger partial charge is 0.227 e. The van der Waals surface area contributed by atoms with Crippen molar-refractivity contribution in [3.8, 4) is 0 Å². The number of nitrogens with zero attached hydrogens (tertiary/aromatic N) is 2. The van der Waals surface area contributed by atoms with E-state index < -0.39 is 0 Å². The van der Waals surface area contributed by atoms with Gasteiger partial charge in [0, 0.05) is 49.9 Å². The van der Waals surface area contributed by atoms with Crippen molar-refractivity contribution in [3.05, 3.63) is 23.8 Å². The lowest BCUT2D eigenvalue weighted by Gasteiger charge is -2.37. The molecule has 2 aliphatic carbocycles. The van der Waals surface area contributed by atoms with Gasteiger partial charge in [0.2, 0.25) is 11.8 Å². The van der Waals surface area contributed by atoms with E-state index in [1.165, 1.54) is 19.3 Å². The van der Waals surface area contributed by atoms with E-state index >= 15 is 0 Å². The fraction of sp³-hybridized carbons (Fsp3) is 0.692. The molecule has 1 aromatic rings. The zero-order valence-corrected chi connectivity index (χ0v) is 20.0. The second-order valence-corrected chi connectivity index (χ2v) is 9.63. The van der Waals surface area contributed by atoms with Gasteiger partial charge >= 0.3 is 0 Å². The first-order valence-electron chi connectivity index (χ1n) is 12.4. The Morgan fingerprint density at radius 1 is 1.00 bits per heavy atom. The molecule has 2 saturated carbocycles. The number of anilines is 2. The normalized spacial score (nSPS) is 17.3. The molecule has 0 saturated heterocycles. The average molecular weight is 428 g/mol. The molecule has 0 aromatic heterocycles. The molecule has 0 bridgehead atoms. The van der Waals surface area contributed by atoms with E-state index in [4.69, 9.17) is 0 Å². The number of amides is 2. The van der Waals surface area contributed by atoms with E-state index in [1.54, 1.807) is 0 Å². The Balaban J connectivity index is 1.87. The van der Waals surface area contributed by atoms with Gasteiger partial charge in [-0.25, -0.2) is 0 Å². The maximum absolute atomic E-state index is 13.5. The number of nitrogens with one attached hydrogen (secondary N) is 1. The van der Waals surface area contributed by atoms with Crippen LogP contribution in [-0.4, -0.2) is 36.9 Å². The summed E-state index contributed by atoms with van der Waals surface area (Å²) in [4.78, 5) is 30.3. The van der Waals surface area contributed by atoms with Crippen LogP contribution in [-0.2, 0) is 16.1 Å². The molecule has 5 nitrogen and oxygen atoms in total. The van der Waals surface area contributed by atoms with Crippen molar-refractivity contribution in [1.29, 1.82) is 0 Å². The van der Waals surface area contributed by atoms with Gasteiger partial charge in [-0.2, -0.15) is 0 Å². The van der Waals surface area contributed by atoms with Crippen molar-refractivity contribution >= 4 is 23.2 Å². The van der Waals surface area contributed by atoms with Gasteiger partial charge in [-0.05, 0) is 62.3 Å². The molecule has 0 heterocycles. The van der Waals surface area contributed by atoms with Crippen LogP contribution in [0, 0.1) is 11.8 Å². The number of benzene rings is 1. The summed E-state index contributed by atoms with van der Waals surface area (Å²) >= 11 is 0. The topological polar surface area (TPSA) is 52.7 Å². The highest BCUT2D eigenvalue weighted by atomic mass is 16.2. The van der Waals surface area contributed by atoms with Gasteiger partial charge in [-0.1, -0.05) is 39.5 Å². The first-order chi connectivity index (χ1) is 14.9. The molecule has 1 N–H and O–H groups in total. The van der Waals surface area contributed by atoms with E-state index in [0.29, 0.717) is 18.5 Å². The molecule has 5 heteroatoms. The van der Waals surface area contributed by atoms with Crippen molar-refractivity contribution in [2.45, 2.75) is 90.6 Å². The van der Waals surface area contributed by atoms with Crippen LogP contribution in [0.15, 0.2) is 18.2 Å². The zero-order chi connectivity index (χ0) is 22.4. The molecule has 0 aliphatic heterocycles. The van der Waals surface area contributed by atoms with E-state index in [9.17, 15) is 9.59 Å². The van der Waals surface area contributed by atoms with Gasteiger partial charge in [0.25, 0.3) is 0 Å². The molecule has 0 radical (unpaired) electrons. The minimum absolute atomic E-state index is 0.0891. The van der Waals surface area contributed by atoms with E-state index in [2.05, 4.69) is 41.1 Å². The predicted octanol–water partition coefficient (Wildman–Crippen LogP) is 5.59. The van der Waals surface area contributed by atoms with E-state index in [-0.39, 0.29) is 17.7 Å². The largest absolute Gasteiger partial charge is 0.377 e. The third-order valence-electron chi connectivity index (χ3n) is 7.28. The van der Waals surface area contributed by atoms with Crippen molar-refractivity contribution in [3.63, 3.8) is 0 Å². The van der Waals surface area contributed by atoms with Crippen molar-refractivity contribution < 1.29 is 9.59 Å². The van der Waals surface area contributed by atoms with Crippen molar-refractivity contribution in [2.75, 3.05) is 24.3 Å².